The van der Waals surface area contributed by atoms with Crippen LogP contribution in [0.15, 0.2) is 54.7 Å². The summed E-state index contributed by atoms with van der Waals surface area (Å²) >= 11 is 1.49. The van der Waals surface area contributed by atoms with Crippen molar-refractivity contribution >= 4 is 33.6 Å². The number of rotatable bonds is 4. The quantitative estimate of drug-likeness (QED) is 0.617. The topological polar surface area (TPSA) is 75.3 Å². The van der Waals surface area contributed by atoms with Gasteiger partial charge in [-0.1, -0.05) is 6.08 Å². The van der Waals surface area contributed by atoms with Gasteiger partial charge < -0.3 is 15.5 Å². The van der Waals surface area contributed by atoms with Crippen LogP contribution in [0.5, 0.6) is 0 Å². The number of amides is 1. The highest BCUT2D eigenvalue weighted by Crippen LogP contribution is 2.30. The molecule has 0 atom stereocenters. The molecule has 3 aromatic rings. The highest BCUT2D eigenvalue weighted by molar-refractivity contribution is 7.15. The minimum absolute atomic E-state index is 0.0212. The van der Waals surface area contributed by atoms with Crippen molar-refractivity contribution in [3.8, 4) is 0 Å². The van der Waals surface area contributed by atoms with Crippen LogP contribution in [0.4, 0.5) is 13.9 Å². The molecule has 34 heavy (non-hydrogen) atoms. The van der Waals surface area contributed by atoms with Crippen LogP contribution in [0.3, 0.4) is 0 Å². The van der Waals surface area contributed by atoms with Crippen molar-refractivity contribution in [2.24, 2.45) is 0 Å². The molecule has 6 nitrogen and oxygen atoms in total. The zero-order chi connectivity index (χ0) is 23.7. The third kappa shape index (κ3) is 4.70. The lowest BCUT2D eigenvalue weighted by Gasteiger charge is -2.32. The van der Waals surface area contributed by atoms with E-state index in [9.17, 15) is 13.6 Å². The van der Waals surface area contributed by atoms with E-state index in [0.717, 1.165) is 33.8 Å². The van der Waals surface area contributed by atoms with Crippen LogP contribution >= 0.6 is 11.3 Å². The lowest BCUT2D eigenvalue weighted by Crippen LogP contribution is -2.41. The van der Waals surface area contributed by atoms with Gasteiger partial charge in [0.05, 0.1) is 24.1 Å². The van der Waals surface area contributed by atoms with Crippen LogP contribution in [0, 0.1) is 11.6 Å². The number of thiazole rings is 1. The van der Waals surface area contributed by atoms with E-state index in [1.54, 1.807) is 18.2 Å². The summed E-state index contributed by atoms with van der Waals surface area (Å²) < 4.78 is 26.9. The van der Waals surface area contributed by atoms with Gasteiger partial charge in [-0.3, -0.25) is 9.78 Å². The van der Waals surface area contributed by atoms with E-state index in [1.807, 2.05) is 22.0 Å². The predicted octanol–water partition coefficient (Wildman–Crippen LogP) is 3.77. The van der Waals surface area contributed by atoms with Gasteiger partial charge in [-0.25, -0.2) is 13.8 Å². The molecule has 2 aliphatic heterocycles. The van der Waals surface area contributed by atoms with Crippen LogP contribution in [-0.4, -0.2) is 51.9 Å². The Labute approximate surface area is 200 Å². The Balaban J connectivity index is 1.36. The fourth-order valence-corrected chi connectivity index (χ4v) is 5.13. The molecule has 0 spiro atoms. The van der Waals surface area contributed by atoms with E-state index >= 15 is 0 Å². The summed E-state index contributed by atoms with van der Waals surface area (Å²) in [6.45, 7) is 1.88. The van der Waals surface area contributed by atoms with E-state index in [-0.39, 0.29) is 18.3 Å². The maximum absolute atomic E-state index is 13.6. The van der Waals surface area contributed by atoms with E-state index in [0.29, 0.717) is 36.9 Å². The third-order valence-corrected chi connectivity index (χ3v) is 7.02. The molecular weight excluding hydrogens is 456 g/mol. The summed E-state index contributed by atoms with van der Waals surface area (Å²) in [4.78, 5) is 26.8. The zero-order valence-electron chi connectivity index (χ0n) is 18.4. The number of allylic oxidation sites excluding steroid dienone is 2. The van der Waals surface area contributed by atoms with Crippen LogP contribution in [0.25, 0.3) is 11.3 Å². The molecule has 0 radical (unpaired) electrons. The van der Waals surface area contributed by atoms with Crippen LogP contribution in [0.1, 0.15) is 21.8 Å². The van der Waals surface area contributed by atoms with Gasteiger partial charge in [-0.15, -0.1) is 11.3 Å². The minimum Gasteiger partial charge on any atom is -0.375 e. The van der Waals surface area contributed by atoms with Gasteiger partial charge in [0.1, 0.15) is 11.6 Å². The molecule has 2 N–H and O–H groups in total. The number of nitrogen functional groups attached to an aromatic ring is 1. The first-order chi connectivity index (χ1) is 16.5. The van der Waals surface area contributed by atoms with Gasteiger partial charge in [0.15, 0.2) is 5.13 Å². The SMILES string of the molecule is Nc1nc2c(s1)CCN(C(=O)CN1CC=C(c3ccc(F)cn3)C=C1c1ccc(F)cc1)CC2. The molecule has 1 amide bonds. The maximum Gasteiger partial charge on any atom is 0.242 e. The van der Waals surface area contributed by atoms with Gasteiger partial charge in [0, 0.05) is 43.1 Å². The Morgan fingerprint density at radius 2 is 1.82 bits per heavy atom. The molecule has 0 bridgehead atoms. The number of carbonyl (C=O) groups excluding carboxylic acids is 1. The first-order valence-electron chi connectivity index (χ1n) is 11.0. The smallest absolute Gasteiger partial charge is 0.242 e. The summed E-state index contributed by atoms with van der Waals surface area (Å²) in [7, 11) is 0. The number of nitrogens with two attached hydrogens (primary N) is 1. The second-order valence-electron chi connectivity index (χ2n) is 8.24. The Bertz CT molecular complexity index is 1240. The fourth-order valence-electron chi connectivity index (χ4n) is 4.26. The average Bonchev–Trinajstić information content (AvgIpc) is 3.08. The van der Waals surface area contributed by atoms with Gasteiger partial charge in [-0.2, -0.15) is 0 Å². The first kappa shape index (κ1) is 22.2. The Morgan fingerprint density at radius 1 is 1.06 bits per heavy atom. The number of carbonyl (C=O) groups is 1. The molecule has 0 aliphatic carbocycles. The second-order valence-corrected chi connectivity index (χ2v) is 9.36. The van der Waals surface area contributed by atoms with Gasteiger partial charge in [0.2, 0.25) is 5.91 Å². The Morgan fingerprint density at radius 3 is 2.59 bits per heavy atom. The number of halogens is 2. The summed E-state index contributed by atoms with van der Waals surface area (Å²) in [5, 5.41) is 0.574. The van der Waals surface area contributed by atoms with Crippen molar-refractivity contribution in [2.45, 2.75) is 12.8 Å². The molecule has 5 rings (SSSR count). The van der Waals surface area contributed by atoms with E-state index in [1.165, 1.54) is 35.7 Å². The van der Waals surface area contributed by atoms with Crippen LogP contribution < -0.4 is 5.73 Å². The van der Waals surface area contributed by atoms with Crippen molar-refractivity contribution < 1.29 is 13.6 Å². The van der Waals surface area contributed by atoms with Crippen LogP contribution in [-0.2, 0) is 17.6 Å². The molecule has 1 aromatic carbocycles. The monoisotopic (exact) mass is 479 g/mol. The van der Waals surface area contributed by atoms with E-state index in [2.05, 4.69) is 9.97 Å². The first-order valence-corrected chi connectivity index (χ1v) is 11.8. The molecule has 174 valence electrons. The maximum atomic E-state index is 13.6. The molecule has 0 fully saturated rings. The Hall–Kier alpha value is -3.59. The molecule has 9 heteroatoms. The molecule has 0 unspecified atom stereocenters. The predicted molar refractivity (Wildman–Crippen MR) is 129 cm³/mol. The van der Waals surface area contributed by atoms with Crippen molar-refractivity contribution in [2.75, 3.05) is 31.9 Å². The number of pyridine rings is 1. The largest absolute Gasteiger partial charge is 0.375 e. The molecular formula is C25H23F2N5OS. The summed E-state index contributed by atoms with van der Waals surface area (Å²) in [5.74, 6) is -0.710. The summed E-state index contributed by atoms with van der Waals surface area (Å²) in [5.41, 5.74) is 9.86. The second kappa shape index (κ2) is 9.34. The summed E-state index contributed by atoms with van der Waals surface area (Å²) in [6, 6.07) is 9.18. The number of nitrogens with zero attached hydrogens (tertiary/aromatic N) is 4. The fraction of sp³-hybridized carbons (Fsp3) is 0.240. The van der Waals surface area contributed by atoms with Gasteiger partial charge in [-0.05, 0) is 53.6 Å². The standard InChI is InChI=1S/C25H23F2N5OS/c26-18-3-1-16(2-4-18)22-13-17(20-6-5-19(27)14-29-20)7-10-32(22)15-24(33)31-11-8-21-23(9-12-31)34-25(28)30-21/h1-7,13-14H,8-12,15H2,(H2,28,30). The molecule has 0 saturated heterocycles. The molecule has 0 saturated carbocycles. The number of aromatic nitrogens is 2. The van der Waals surface area contributed by atoms with Crippen molar-refractivity contribution in [1.82, 2.24) is 19.8 Å². The van der Waals surface area contributed by atoms with Crippen LogP contribution in [0.2, 0.25) is 0 Å². The Kier molecular flexibility index (Phi) is 6.10. The number of hydrogen-bond acceptors (Lipinski definition) is 6. The van der Waals surface area contributed by atoms with Gasteiger partial charge in [0.25, 0.3) is 0 Å². The lowest BCUT2D eigenvalue weighted by atomic mass is 10.0. The van der Waals surface area contributed by atoms with Crippen molar-refractivity contribution in [1.29, 1.82) is 0 Å². The van der Waals surface area contributed by atoms with Crippen molar-refractivity contribution in [3.05, 3.63) is 88.2 Å². The zero-order valence-corrected chi connectivity index (χ0v) is 19.2. The van der Waals surface area contributed by atoms with Crippen molar-refractivity contribution in [3.63, 3.8) is 0 Å². The number of fused-ring (bicyclic) bond motifs is 1. The normalized spacial score (nSPS) is 15.9. The molecule has 2 aliphatic rings. The lowest BCUT2D eigenvalue weighted by molar-refractivity contribution is -0.131. The highest BCUT2D eigenvalue weighted by atomic mass is 32.1. The van der Waals surface area contributed by atoms with Gasteiger partial charge >= 0.3 is 0 Å². The number of hydrogen-bond donors (Lipinski definition) is 1. The molecule has 4 heterocycles. The number of benzene rings is 1. The number of anilines is 1. The average molecular weight is 480 g/mol. The molecule has 2 aromatic heterocycles. The highest BCUT2D eigenvalue weighted by Gasteiger charge is 2.25. The van der Waals surface area contributed by atoms with E-state index < -0.39 is 5.82 Å². The van der Waals surface area contributed by atoms with E-state index in [4.69, 9.17) is 5.73 Å². The minimum atomic E-state index is -0.403. The third-order valence-electron chi connectivity index (χ3n) is 6.03. The summed E-state index contributed by atoms with van der Waals surface area (Å²) in [6.07, 6.45) is 6.49.